The number of anilines is 1. The summed E-state index contributed by atoms with van der Waals surface area (Å²) in [5.41, 5.74) is 2.78. The molecule has 1 aliphatic rings. The summed E-state index contributed by atoms with van der Waals surface area (Å²) in [6.45, 7) is 2.36. The number of rotatable bonds is 6. The Balaban J connectivity index is 1.43. The van der Waals surface area contributed by atoms with Crippen LogP contribution < -0.4 is 20.4 Å². The van der Waals surface area contributed by atoms with Gasteiger partial charge in [0.2, 0.25) is 0 Å². The second-order valence-electron chi connectivity index (χ2n) is 7.01. The van der Waals surface area contributed by atoms with E-state index < -0.39 is 0 Å². The van der Waals surface area contributed by atoms with Crippen molar-refractivity contribution >= 4 is 22.6 Å². The first-order chi connectivity index (χ1) is 14.1. The van der Waals surface area contributed by atoms with Crippen molar-refractivity contribution in [3.8, 4) is 11.5 Å². The Morgan fingerprint density at radius 3 is 2.48 bits per heavy atom. The van der Waals surface area contributed by atoms with E-state index in [1.807, 2.05) is 13.0 Å². The molecule has 1 aromatic heterocycles. The van der Waals surface area contributed by atoms with Crippen molar-refractivity contribution in [3.05, 3.63) is 64.0 Å². The van der Waals surface area contributed by atoms with Crippen LogP contribution in [0.3, 0.4) is 0 Å². The van der Waals surface area contributed by atoms with Gasteiger partial charge in [-0.2, -0.15) is 0 Å². The third-order valence-electron chi connectivity index (χ3n) is 5.01. The van der Waals surface area contributed by atoms with E-state index in [0.29, 0.717) is 23.6 Å². The number of ether oxygens (including phenoxy) is 2. The Morgan fingerprint density at radius 1 is 1.00 bits per heavy atom. The average molecular weight is 393 g/mol. The van der Waals surface area contributed by atoms with E-state index in [4.69, 9.17) is 13.9 Å². The molecule has 0 fully saturated rings. The maximum atomic E-state index is 12.2. The molecule has 0 bridgehead atoms. The van der Waals surface area contributed by atoms with Crippen molar-refractivity contribution in [2.24, 2.45) is 0 Å². The van der Waals surface area contributed by atoms with Gasteiger partial charge in [-0.1, -0.05) is 0 Å². The molecule has 0 unspecified atom stereocenters. The largest absolute Gasteiger partial charge is 0.494 e. The Labute approximate surface area is 168 Å². The molecule has 29 heavy (non-hydrogen) atoms. The lowest BCUT2D eigenvalue weighted by atomic mass is 9.91. The zero-order valence-electron chi connectivity index (χ0n) is 16.3. The van der Waals surface area contributed by atoms with Gasteiger partial charge in [0.25, 0.3) is 5.91 Å². The minimum Gasteiger partial charge on any atom is -0.494 e. The molecule has 150 valence electrons. The number of hydrogen-bond acceptors (Lipinski definition) is 5. The van der Waals surface area contributed by atoms with Crippen molar-refractivity contribution in [1.29, 1.82) is 0 Å². The number of carbonyl (C=O) groups excluding carboxylic acids is 1. The SMILES string of the molecule is CCOc1ccc(NC(=O)COc2ccc3c4c(c(=O)oc3c2)CCCC4)cc1. The molecule has 3 aromatic rings. The summed E-state index contributed by atoms with van der Waals surface area (Å²) in [6, 6.07) is 12.5. The zero-order valence-corrected chi connectivity index (χ0v) is 16.3. The molecule has 6 nitrogen and oxygen atoms in total. The topological polar surface area (TPSA) is 77.8 Å². The highest BCUT2D eigenvalue weighted by atomic mass is 16.5. The molecule has 1 heterocycles. The molecule has 6 heteroatoms. The summed E-state index contributed by atoms with van der Waals surface area (Å²) in [5, 5.41) is 3.73. The molecule has 1 aliphatic carbocycles. The maximum absolute atomic E-state index is 12.2. The van der Waals surface area contributed by atoms with Gasteiger partial charge in [-0.3, -0.25) is 4.79 Å². The van der Waals surface area contributed by atoms with Crippen LogP contribution in [-0.2, 0) is 17.6 Å². The van der Waals surface area contributed by atoms with Gasteiger partial charge in [0.15, 0.2) is 6.61 Å². The molecule has 1 amide bonds. The van der Waals surface area contributed by atoms with Crippen LogP contribution in [-0.4, -0.2) is 19.1 Å². The van der Waals surface area contributed by atoms with Gasteiger partial charge in [-0.05, 0) is 74.6 Å². The van der Waals surface area contributed by atoms with E-state index >= 15 is 0 Å². The number of amides is 1. The van der Waals surface area contributed by atoms with Gasteiger partial charge in [0.05, 0.1) is 6.61 Å². The Morgan fingerprint density at radius 2 is 1.72 bits per heavy atom. The second kappa shape index (κ2) is 8.39. The molecular weight excluding hydrogens is 370 g/mol. The number of nitrogens with one attached hydrogen (secondary N) is 1. The van der Waals surface area contributed by atoms with Crippen LogP contribution in [0.15, 0.2) is 51.7 Å². The molecule has 1 N–H and O–H groups in total. The molecule has 0 radical (unpaired) electrons. The molecule has 0 atom stereocenters. The summed E-state index contributed by atoms with van der Waals surface area (Å²) in [6.07, 6.45) is 3.77. The number of fused-ring (bicyclic) bond motifs is 3. The number of hydrogen-bond donors (Lipinski definition) is 1. The molecule has 0 saturated heterocycles. The van der Waals surface area contributed by atoms with Gasteiger partial charge in [0, 0.05) is 22.7 Å². The summed E-state index contributed by atoms with van der Waals surface area (Å²) >= 11 is 0. The van der Waals surface area contributed by atoms with Crippen molar-refractivity contribution < 1.29 is 18.7 Å². The molecule has 0 aliphatic heterocycles. The van der Waals surface area contributed by atoms with E-state index in [9.17, 15) is 9.59 Å². The Bertz CT molecular complexity index is 1080. The minimum atomic E-state index is -0.277. The molecule has 0 saturated carbocycles. The maximum Gasteiger partial charge on any atom is 0.339 e. The van der Waals surface area contributed by atoms with Crippen LogP contribution in [0, 0.1) is 0 Å². The van der Waals surface area contributed by atoms with Crippen LogP contribution in [0.1, 0.15) is 30.9 Å². The molecule has 0 spiro atoms. The predicted molar refractivity (Wildman–Crippen MR) is 111 cm³/mol. The normalized spacial score (nSPS) is 13.0. The minimum absolute atomic E-state index is 0.145. The number of benzene rings is 2. The lowest BCUT2D eigenvalue weighted by Gasteiger charge is -2.16. The van der Waals surface area contributed by atoms with E-state index in [1.54, 1.807) is 36.4 Å². The fourth-order valence-electron chi connectivity index (χ4n) is 3.66. The third-order valence-corrected chi connectivity index (χ3v) is 5.01. The number of carbonyl (C=O) groups is 1. The fraction of sp³-hybridized carbons (Fsp3) is 0.304. The first-order valence-electron chi connectivity index (χ1n) is 9.88. The summed E-state index contributed by atoms with van der Waals surface area (Å²) in [5.74, 6) is 0.959. The van der Waals surface area contributed by atoms with Gasteiger partial charge in [-0.25, -0.2) is 4.79 Å². The first-order valence-corrected chi connectivity index (χ1v) is 9.88. The predicted octanol–water partition coefficient (Wildman–Crippen LogP) is 4.09. The smallest absolute Gasteiger partial charge is 0.339 e. The van der Waals surface area contributed by atoms with Gasteiger partial charge >= 0.3 is 5.63 Å². The summed E-state index contributed by atoms with van der Waals surface area (Å²) < 4.78 is 16.5. The first kappa shape index (κ1) is 19.1. The highest BCUT2D eigenvalue weighted by Gasteiger charge is 2.18. The van der Waals surface area contributed by atoms with Crippen LogP contribution >= 0.6 is 0 Å². The van der Waals surface area contributed by atoms with Gasteiger partial charge in [0.1, 0.15) is 17.1 Å². The van der Waals surface area contributed by atoms with Crippen molar-refractivity contribution in [2.75, 3.05) is 18.5 Å². The van der Waals surface area contributed by atoms with Crippen molar-refractivity contribution in [3.63, 3.8) is 0 Å². The molecular formula is C23H23NO5. The van der Waals surface area contributed by atoms with E-state index in [0.717, 1.165) is 47.9 Å². The summed E-state index contributed by atoms with van der Waals surface area (Å²) in [7, 11) is 0. The number of aryl methyl sites for hydroxylation is 1. The van der Waals surface area contributed by atoms with Crippen LogP contribution in [0.25, 0.3) is 11.0 Å². The standard InChI is InChI=1S/C23H23NO5/c1-2-27-16-9-7-15(8-10-16)24-22(25)14-28-17-11-12-19-18-5-3-4-6-20(18)23(26)29-21(19)13-17/h7-13H,2-6,14H2,1H3,(H,24,25). The Hall–Kier alpha value is -3.28. The third kappa shape index (κ3) is 4.26. The molecule has 2 aromatic carbocycles. The van der Waals surface area contributed by atoms with Gasteiger partial charge in [-0.15, -0.1) is 0 Å². The fourth-order valence-corrected chi connectivity index (χ4v) is 3.66. The van der Waals surface area contributed by atoms with Crippen LogP contribution in [0.2, 0.25) is 0 Å². The monoisotopic (exact) mass is 393 g/mol. The van der Waals surface area contributed by atoms with Crippen molar-refractivity contribution in [2.45, 2.75) is 32.6 Å². The lowest BCUT2D eigenvalue weighted by Crippen LogP contribution is -2.20. The summed E-state index contributed by atoms with van der Waals surface area (Å²) in [4.78, 5) is 24.4. The molecule has 4 rings (SSSR count). The highest BCUT2D eigenvalue weighted by Crippen LogP contribution is 2.29. The average Bonchev–Trinajstić information content (AvgIpc) is 2.74. The second-order valence-corrected chi connectivity index (χ2v) is 7.01. The lowest BCUT2D eigenvalue weighted by molar-refractivity contribution is -0.118. The van der Waals surface area contributed by atoms with Gasteiger partial charge < -0.3 is 19.2 Å². The van der Waals surface area contributed by atoms with E-state index in [1.165, 1.54) is 0 Å². The zero-order chi connectivity index (χ0) is 20.2. The van der Waals surface area contributed by atoms with Crippen LogP contribution in [0.4, 0.5) is 5.69 Å². The van der Waals surface area contributed by atoms with E-state index in [-0.39, 0.29) is 18.1 Å². The Kier molecular flexibility index (Phi) is 5.51. The van der Waals surface area contributed by atoms with Crippen molar-refractivity contribution in [1.82, 2.24) is 0 Å². The highest BCUT2D eigenvalue weighted by molar-refractivity contribution is 5.92. The van der Waals surface area contributed by atoms with Crippen LogP contribution in [0.5, 0.6) is 11.5 Å². The van der Waals surface area contributed by atoms with E-state index in [2.05, 4.69) is 5.32 Å². The quantitative estimate of drug-likeness (QED) is 0.638.